The van der Waals surface area contributed by atoms with Crippen molar-refractivity contribution >= 4 is 12.6 Å². The van der Waals surface area contributed by atoms with Crippen molar-refractivity contribution in [2.45, 2.75) is 0 Å². The number of hydrogen-bond acceptors (Lipinski definition) is 5. The molecule has 0 atom stereocenters. The third-order valence-corrected chi connectivity index (χ3v) is 4.40. The highest BCUT2D eigenvalue weighted by Gasteiger charge is 2.22. The summed E-state index contributed by atoms with van der Waals surface area (Å²) in [5, 5.41) is 26.2. The first-order chi connectivity index (χ1) is 14.1. The van der Waals surface area contributed by atoms with Crippen LogP contribution in [0.4, 0.5) is 0 Å². The van der Waals surface area contributed by atoms with Gasteiger partial charge in [-0.25, -0.2) is 15.0 Å². The second-order valence-electron chi connectivity index (χ2n) is 6.39. The smallest absolute Gasteiger partial charge is 0.522 e. The Morgan fingerprint density at radius 1 is 0.724 bits per heavy atom. The van der Waals surface area contributed by atoms with Crippen molar-refractivity contribution in [3.05, 3.63) is 84.4 Å². The summed E-state index contributed by atoms with van der Waals surface area (Å²) in [5.74, 6) is 1.45. The fourth-order valence-electron chi connectivity index (χ4n) is 2.89. The van der Waals surface area contributed by atoms with Gasteiger partial charge in [-0.15, -0.1) is 0 Å². The first-order valence-corrected chi connectivity index (χ1v) is 8.95. The summed E-state index contributed by atoms with van der Waals surface area (Å²) in [7, 11) is -1.33. The summed E-state index contributed by atoms with van der Waals surface area (Å²) in [4.78, 5) is 13.8. The maximum Gasteiger partial charge on any atom is 0.727 e. The Kier molecular flexibility index (Phi) is 5.12. The Morgan fingerprint density at radius 3 is 1.86 bits per heavy atom. The number of nitrogens with zero attached hydrogens (tertiary/aromatic N) is 4. The molecule has 3 aromatic carbocycles. The van der Waals surface area contributed by atoms with Crippen molar-refractivity contribution in [1.82, 2.24) is 15.0 Å². The molecule has 4 aromatic rings. The average Bonchev–Trinajstić information content (AvgIpc) is 2.79. The zero-order chi connectivity index (χ0) is 20.2. The van der Waals surface area contributed by atoms with Gasteiger partial charge in [-0.1, -0.05) is 48.5 Å². The third-order valence-electron chi connectivity index (χ3n) is 4.40. The highest BCUT2D eigenvalue weighted by Crippen LogP contribution is 2.24. The van der Waals surface area contributed by atoms with Gasteiger partial charge in [0.2, 0.25) is 0 Å². The number of nitriles is 1. The number of benzene rings is 3. The summed E-state index contributed by atoms with van der Waals surface area (Å²) >= 11 is 0. The molecule has 0 unspecified atom stereocenters. The molecule has 0 bridgehead atoms. The van der Waals surface area contributed by atoms with Gasteiger partial charge < -0.3 is 10.0 Å². The van der Waals surface area contributed by atoms with Crippen molar-refractivity contribution in [2.24, 2.45) is 0 Å². The van der Waals surface area contributed by atoms with Crippen LogP contribution in [0.25, 0.3) is 34.2 Å². The zero-order valence-electron chi connectivity index (χ0n) is 15.3. The van der Waals surface area contributed by atoms with Crippen LogP contribution >= 0.6 is 0 Å². The minimum Gasteiger partial charge on any atom is -0.522 e. The number of rotatable bonds is 4. The molecule has 0 aliphatic heterocycles. The molecule has 4 rings (SSSR count). The highest BCUT2D eigenvalue weighted by atomic mass is 16.4. The maximum atomic E-state index is 9.60. The van der Waals surface area contributed by atoms with Crippen LogP contribution < -0.4 is 5.46 Å². The first kappa shape index (κ1) is 18.5. The Balaban J connectivity index is 1.88. The molecule has 6 nitrogen and oxygen atoms in total. The molecule has 29 heavy (non-hydrogen) atoms. The molecule has 0 aliphatic rings. The SMILES string of the molecule is N#Cc1ccc(-c2nc(-c3ccccc3)nc(-c3cccc(B(O)[OH2+])c3)n2)cc1. The number of hydrogen-bond donors (Lipinski definition) is 1. The van der Waals surface area contributed by atoms with E-state index in [1.807, 2.05) is 36.4 Å². The molecule has 3 N–H and O–H groups in total. The van der Waals surface area contributed by atoms with E-state index >= 15 is 0 Å². The van der Waals surface area contributed by atoms with Crippen molar-refractivity contribution in [1.29, 1.82) is 5.26 Å². The predicted molar refractivity (Wildman–Crippen MR) is 112 cm³/mol. The molecule has 0 amide bonds. The Hall–Kier alpha value is -3.86. The van der Waals surface area contributed by atoms with Crippen molar-refractivity contribution in [3.8, 4) is 40.2 Å². The topological polar surface area (TPSA) is 106 Å². The van der Waals surface area contributed by atoms with Gasteiger partial charge in [0, 0.05) is 16.7 Å². The van der Waals surface area contributed by atoms with Gasteiger partial charge in [0.1, 0.15) is 0 Å². The molecule has 1 heterocycles. The van der Waals surface area contributed by atoms with E-state index in [9.17, 15) is 5.02 Å². The molecule has 7 heteroatoms. The lowest BCUT2D eigenvalue weighted by Gasteiger charge is -2.08. The van der Waals surface area contributed by atoms with Crippen molar-refractivity contribution in [3.63, 3.8) is 0 Å². The lowest BCUT2D eigenvalue weighted by atomic mass is 9.79. The second-order valence-corrected chi connectivity index (χ2v) is 6.39. The Labute approximate surface area is 168 Å². The van der Waals surface area contributed by atoms with Gasteiger partial charge in [-0.2, -0.15) is 5.26 Å². The quantitative estimate of drug-likeness (QED) is 0.432. The average molecular weight is 379 g/mol. The third kappa shape index (κ3) is 4.04. The van der Waals surface area contributed by atoms with Crippen LogP contribution in [-0.2, 0) is 0 Å². The summed E-state index contributed by atoms with van der Waals surface area (Å²) in [6.07, 6.45) is 0. The lowest BCUT2D eigenvalue weighted by Crippen LogP contribution is -2.29. The summed E-state index contributed by atoms with van der Waals surface area (Å²) in [5.41, 5.74) is 3.32. The van der Waals surface area contributed by atoms with Gasteiger partial charge in [0.05, 0.1) is 17.1 Å². The molecule has 138 valence electrons. The molecule has 0 radical (unpaired) electrons. The molecular formula is C22H16BN4O2+. The Bertz CT molecular complexity index is 1190. The molecule has 1 aromatic heterocycles. The van der Waals surface area contributed by atoms with Crippen LogP contribution in [0.15, 0.2) is 78.9 Å². The van der Waals surface area contributed by atoms with Crippen LogP contribution in [0.1, 0.15) is 5.56 Å². The zero-order valence-corrected chi connectivity index (χ0v) is 15.3. The summed E-state index contributed by atoms with van der Waals surface area (Å²) in [6, 6.07) is 25.7. The van der Waals surface area contributed by atoms with Crippen molar-refractivity contribution < 1.29 is 10.0 Å². The molecular weight excluding hydrogens is 363 g/mol. The molecule has 0 saturated carbocycles. The van der Waals surface area contributed by atoms with Gasteiger partial charge in [-0.05, 0) is 30.3 Å². The fraction of sp³-hybridized carbons (Fsp3) is 0. The minimum absolute atomic E-state index is 0.445. The van der Waals surface area contributed by atoms with E-state index in [2.05, 4.69) is 21.0 Å². The molecule has 0 saturated heterocycles. The van der Waals surface area contributed by atoms with Crippen LogP contribution in [0.3, 0.4) is 0 Å². The van der Waals surface area contributed by atoms with Crippen LogP contribution in [-0.4, -0.2) is 32.1 Å². The lowest BCUT2D eigenvalue weighted by molar-refractivity contribution is 0.426. The van der Waals surface area contributed by atoms with Gasteiger partial charge in [0.25, 0.3) is 0 Å². The largest absolute Gasteiger partial charge is 0.727 e. The molecule has 0 aliphatic carbocycles. The van der Waals surface area contributed by atoms with E-state index in [1.165, 1.54) is 0 Å². The standard InChI is InChI=1S/C22H15BN4O2/c24-14-15-9-11-17(12-10-15)21-25-20(16-5-2-1-3-6-16)26-22(27-21)18-7-4-8-19(13-18)23(28)29/h1-13,28-29H/p+1. The maximum absolute atomic E-state index is 9.60. The van der Waals surface area contributed by atoms with E-state index in [-0.39, 0.29) is 0 Å². The normalized spacial score (nSPS) is 10.4. The Morgan fingerprint density at radius 2 is 1.28 bits per heavy atom. The number of aromatic nitrogens is 3. The van der Waals surface area contributed by atoms with Gasteiger partial charge >= 0.3 is 7.12 Å². The van der Waals surface area contributed by atoms with Gasteiger partial charge in [0.15, 0.2) is 17.5 Å². The minimum atomic E-state index is -1.33. The van der Waals surface area contributed by atoms with E-state index in [4.69, 9.17) is 10.3 Å². The van der Waals surface area contributed by atoms with E-state index in [0.29, 0.717) is 34.1 Å². The van der Waals surface area contributed by atoms with Crippen LogP contribution in [0.2, 0.25) is 0 Å². The summed E-state index contributed by atoms with van der Waals surface area (Å²) < 4.78 is 0. The fourth-order valence-corrected chi connectivity index (χ4v) is 2.89. The first-order valence-electron chi connectivity index (χ1n) is 8.95. The summed E-state index contributed by atoms with van der Waals surface area (Å²) in [6.45, 7) is 0. The monoisotopic (exact) mass is 379 g/mol. The highest BCUT2D eigenvalue weighted by molar-refractivity contribution is 6.58. The van der Waals surface area contributed by atoms with E-state index in [1.54, 1.807) is 42.5 Å². The van der Waals surface area contributed by atoms with Gasteiger partial charge in [-0.3, -0.25) is 0 Å². The molecule has 0 spiro atoms. The van der Waals surface area contributed by atoms with E-state index < -0.39 is 7.12 Å². The predicted octanol–water partition coefficient (Wildman–Crippen LogP) is 2.16. The van der Waals surface area contributed by atoms with Crippen molar-refractivity contribution in [2.75, 3.05) is 0 Å². The van der Waals surface area contributed by atoms with Crippen LogP contribution in [0, 0.1) is 11.3 Å². The van der Waals surface area contributed by atoms with Crippen LogP contribution in [0.5, 0.6) is 0 Å². The van der Waals surface area contributed by atoms with E-state index in [0.717, 1.165) is 11.1 Å². The second kappa shape index (κ2) is 8.03. The molecule has 0 fully saturated rings.